The molecular weight excluding hydrogens is 196 g/mol. The summed E-state index contributed by atoms with van der Waals surface area (Å²) in [6.45, 7) is 7.98. The molecule has 82 valence electrons. The van der Waals surface area contributed by atoms with Crippen molar-refractivity contribution in [2.45, 2.75) is 43.7 Å². The van der Waals surface area contributed by atoms with Crippen molar-refractivity contribution in [2.75, 3.05) is 13.1 Å². The summed E-state index contributed by atoms with van der Waals surface area (Å²) in [7, 11) is 0. The summed E-state index contributed by atoms with van der Waals surface area (Å²) in [5.74, 6) is 0.117. The van der Waals surface area contributed by atoms with E-state index >= 15 is 0 Å². The molecule has 0 spiro atoms. The monoisotopic (exact) mass is 216 g/mol. The van der Waals surface area contributed by atoms with Gasteiger partial charge < -0.3 is 10.6 Å². The zero-order valence-electron chi connectivity index (χ0n) is 9.19. The fourth-order valence-electron chi connectivity index (χ4n) is 1.77. The van der Waals surface area contributed by atoms with Gasteiger partial charge in [0, 0.05) is 23.6 Å². The van der Waals surface area contributed by atoms with Gasteiger partial charge in [0.25, 0.3) is 0 Å². The maximum atomic E-state index is 11.8. The van der Waals surface area contributed by atoms with E-state index in [9.17, 15) is 4.79 Å². The van der Waals surface area contributed by atoms with Gasteiger partial charge in [0.15, 0.2) is 0 Å². The molecule has 1 heterocycles. The molecule has 0 saturated carbocycles. The van der Waals surface area contributed by atoms with Gasteiger partial charge in [-0.05, 0) is 6.42 Å². The number of nitrogens with zero attached hydrogens (tertiary/aromatic N) is 1. The van der Waals surface area contributed by atoms with Crippen LogP contribution in [0.5, 0.6) is 0 Å². The first kappa shape index (κ1) is 11.9. The van der Waals surface area contributed by atoms with Gasteiger partial charge in [0.1, 0.15) is 0 Å². The second-order valence-corrected chi connectivity index (χ2v) is 5.90. The van der Waals surface area contributed by atoms with Gasteiger partial charge in [0.2, 0.25) is 5.91 Å². The van der Waals surface area contributed by atoms with Gasteiger partial charge in [-0.2, -0.15) is 11.8 Å². The van der Waals surface area contributed by atoms with E-state index in [-0.39, 0.29) is 11.9 Å². The molecule has 1 amide bonds. The highest BCUT2D eigenvalue weighted by molar-refractivity contribution is 8.00. The Kier molecular flexibility index (Phi) is 4.26. The Labute approximate surface area is 90.4 Å². The summed E-state index contributed by atoms with van der Waals surface area (Å²) in [4.78, 5) is 13.7. The fourth-order valence-corrected chi connectivity index (χ4v) is 3.09. The van der Waals surface area contributed by atoms with Gasteiger partial charge in [-0.1, -0.05) is 20.8 Å². The van der Waals surface area contributed by atoms with Crippen molar-refractivity contribution in [3.8, 4) is 0 Å². The molecule has 4 heteroatoms. The normalized spacial score (nSPS) is 30.1. The zero-order valence-corrected chi connectivity index (χ0v) is 10.0. The van der Waals surface area contributed by atoms with Crippen molar-refractivity contribution in [3.05, 3.63) is 0 Å². The average Bonchev–Trinajstić information content (AvgIpc) is 2.14. The zero-order chi connectivity index (χ0) is 10.7. The summed E-state index contributed by atoms with van der Waals surface area (Å²) in [6.07, 6.45) is 0.727. The minimum atomic E-state index is -0.308. The smallest absolute Gasteiger partial charge is 0.239 e. The number of thioether (sulfide) groups is 1. The topological polar surface area (TPSA) is 46.3 Å². The molecule has 0 aromatic carbocycles. The highest BCUT2D eigenvalue weighted by atomic mass is 32.2. The molecule has 3 atom stereocenters. The lowest BCUT2D eigenvalue weighted by molar-refractivity contribution is -0.132. The third-order valence-electron chi connectivity index (χ3n) is 2.49. The quantitative estimate of drug-likeness (QED) is 0.751. The molecule has 0 aromatic rings. The van der Waals surface area contributed by atoms with Gasteiger partial charge in [0.05, 0.1) is 6.04 Å². The first-order valence-electron chi connectivity index (χ1n) is 5.24. The molecule has 1 aliphatic rings. The van der Waals surface area contributed by atoms with E-state index in [1.807, 2.05) is 23.6 Å². The lowest BCUT2D eigenvalue weighted by atomic mass is 10.2. The van der Waals surface area contributed by atoms with E-state index in [0.29, 0.717) is 10.5 Å². The molecular formula is C10H20N2OS. The van der Waals surface area contributed by atoms with Crippen LogP contribution in [0, 0.1) is 0 Å². The third kappa shape index (κ3) is 2.89. The number of carbonyl (C=O) groups excluding carboxylic acids is 1. The van der Waals surface area contributed by atoms with Gasteiger partial charge in [-0.15, -0.1) is 0 Å². The Bertz CT molecular complexity index is 200. The highest BCUT2D eigenvalue weighted by Crippen LogP contribution is 2.24. The molecule has 0 radical (unpaired) electrons. The summed E-state index contributed by atoms with van der Waals surface area (Å²) in [5, 5.41) is 1.07. The summed E-state index contributed by atoms with van der Waals surface area (Å²) >= 11 is 1.95. The Hall–Kier alpha value is -0.220. The van der Waals surface area contributed by atoms with Crippen LogP contribution in [0.1, 0.15) is 27.2 Å². The number of hydrogen-bond donors (Lipinski definition) is 1. The molecule has 0 aromatic heterocycles. The average molecular weight is 216 g/mol. The van der Waals surface area contributed by atoms with E-state index in [1.54, 1.807) is 0 Å². The Morgan fingerprint density at radius 2 is 2.00 bits per heavy atom. The molecule has 0 bridgehead atoms. The van der Waals surface area contributed by atoms with E-state index in [4.69, 9.17) is 5.73 Å². The Balaban J connectivity index is 2.54. The second-order valence-electron chi connectivity index (χ2n) is 4.02. The summed E-state index contributed by atoms with van der Waals surface area (Å²) in [5.41, 5.74) is 5.74. The van der Waals surface area contributed by atoms with Crippen molar-refractivity contribution in [3.63, 3.8) is 0 Å². The molecule has 1 fully saturated rings. The van der Waals surface area contributed by atoms with Crippen LogP contribution < -0.4 is 5.73 Å². The van der Waals surface area contributed by atoms with Crippen LogP contribution in [0.2, 0.25) is 0 Å². The molecule has 2 N–H and O–H groups in total. The van der Waals surface area contributed by atoms with Gasteiger partial charge in [-0.3, -0.25) is 4.79 Å². The van der Waals surface area contributed by atoms with Crippen LogP contribution in [-0.4, -0.2) is 40.4 Å². The molecule has 14 heavy (non-hydrogen) atoms. The number of carbonyl (C=O) groups is 1. The highest BCUT2D eigenvalue weighted by Gasteiger charge is 2.27. The largest absolute Gasteiger partial charge is 0.339 e. The Morgan fingerprint density at radius 1 is 1.50 bits per heavy atom. The molecule has 1 rings (SSSR count). The van der Waals surface area contributed by atoms with Crippen LogP contribution in [0.15, 0.2) is 0 Å². The van der Waals surface area contributed by atoms with Gasteiger partial charge >= 0.3 is 0 Å². The van der Waals surface area contributed by atoms with Crippen molar-refractivity contribution >= 4 is 17.7 Å². The van der Waals surface area contributed by atoms with Crippen LogP contribution in [0.3, 0.4) is 0 Å². The molecule has 0 aliphatic carbocycles. The van der Waals surface area contributed by atoms with Crippen LogP contribution in [0.25, 0.3) is 0 Å². The van der Waals surface area contributed by atoms with Crippen LogP contribution >= 0.6 is 11.8 Å². The van der Waals surface area contributed by atoms with E-state index in [1.165, 1.54) is 0 Å². The maximum Gasteiger partial charge on any atom is 0.239 e. The summed E-state index contributed by atoms with van der Waals surface area (Å²) in [6, 6.07) is -0.308. The Morgan fingerprint density at radius 3 is 2.43 bits per heavy atom. The number of rotatable bonds is 2. The number of amides is 1. The molecule has 1 aliphatic heterocycles. The number of hydrogen-bond acceptors (Lipinski definition) is 3. The predicted molar refractivity (Wildman–Crippen MR) is 61.4 cm³/mol. The molecule has 1 saturated heterocycles. The predicted octanol–water partition coefficient (Wildman–Crippen LogP) is 1.08. The fraction of sp³-hybridized carbons (Fsp3) is 0.900. The lowest BCUT2D eigenvalue weighted by Gasteiger charge is -2.35. The minimum absolute atomic E-state index is 0.117. The van der Waals surface area contributed by atoms with Gasteiger partial charge in [-0.25, -0.2) is 0 Å². The standard InChI is InChI=1S/C10H20N2OS/c1-4-9(11)10(13)12-5-7(2)14-8(3)6-12/h7-9H,4-6,11H2,1-3H3/t7?,8?,9-/m0/s1. The molecule has 3 nitrogen and oxygen atoms in total. The van der Waals surface area contributed by atoms with E-state index in [0.717, 1.165) is 19.5 Å². The van der Waals surface area contributed by atoms with Crippen LogP contribution in [-0.2, 0) is 4.79 Å². The van der Waals surface area contributed by atoms with Crippen molar-refractivity contribution in [2.24, 2.45) is 5.73 Å². The molecule has 2 unspecified atom stereocenters. The summed E-state index contributed by atoms with van der Waals surface area (Å²) < 4.78 is 0. The second kappa shape index (κ2) is 5.03. The number of nitrogens with two attached hydrogens (primary N) is 1. The van der Waals surface area contributed by atoms with Crippen molar-refractivity contribution in [1.29, 1.82) is 0 Å². The maximum absolute atomic E-state index is 11.8. The van der Waals surface area contributed by atoms with E-state index < -0.39 is 0 Å². The van der Waals surface area contributed by atoms with Crippen molar-refractivity contribution in [1.82, 2.24) is 4.90 Å². The van der Waals surface area contributed by atoms with E-state index in [2.05, 4.69) is 13.8 Å². The first-order valence-corrected chi connectivity index (χ1v) is 6.18. The minimum Gasteiger partial charge on any atom is -0.339 e. The van der Waals surface area contributed by atoms with Crippen molar-refractivity contribution < 1.29 is 4.79 Å². The third-order valence-corrected chi connectivity index (χ3v) is 3.72. The first-order chi connectivity index (χ1) is 6.54. The SMILES string of the molecule is CC[C@H](N)C(=O)N1CC(C)SC(C)C1. The van der Waals surface area contributed by atoms with Crippen LogP contribution in [0.4, 0.5) is 0 Å². The lowest BCUT2D eigenvalue weighted by Crippen LogP contribution is -2.50.